The second-order valence-corrected chi connectivity index (χ2v) is 3.73. The molecule has 0 radical (unpaired) electrons. The monoisotopic (exact) mass is 220 g/mol. The summed E-state index contributed by atoms with van der Waals surface area (Å²) in [6, 6.07) is 7.68. The van der Waals surface area contributed by atoms with Gasteiger partial charge in [-0.2, -0.15) is 5.26 Å². The van der Waals surface area contributed by atoms with Crippen LogP contribution in [0.5, 0.6) is 0 Å². The number of hydrogen-bond donors (Lipinski definition) is 1. The molecule has 0 heterocycles. The largest absolute Gasteiger partial charge is 0.334 e. The molecular weight excluding hydrogens is 207 g/mol. The minimum atomic E-state index is -0.959. The number of nitriles is 1. The van der Waals surface area contributed by atoms with Crippen LogP contribution in [0.3, 0.4) is 0 Å². The van der Waals surface area contributed by atoms with E-state index in [9.17, 15) is 9.18 Å². The summed E-state index contributed by atoms with van der Waals surface area (Å²) >= 11 is 0. The van der Waals surface area contributed by atoms with E-state index < -0.39 is 17.3 Å². The lowest BCUT2D eigenvalue weighted by Gasteiger charge is -2.21. The van der Waals surface area contributed by atoms with Gasteiger partial charge in [0.1, 0.15) is 11.4 Å². The molecule has 1 aromatic carbocycles. The Labute approximate surface area is 93.9 Å². The summed E-state index contributed by atoms with van der Waals surface area (Å²) in [5, 5.41) is 11.4. The lowest BCUT2D eigenvalue weighted by molar-refractivity contribution is 0.0919. The van der Waals surface area contributed by atoms with Gasteiger partial charge in [-0.25, -0.2) is 4.39 Å². The van der Waals surface area contributed by atoms with Crippen molar-refractivity contribution in [1.29, 1.82) is 5.26 Å². The van der Waals surface area contributed by atoms with E-state index in [0.717, 1.165) is 0 Å². The van der Waals surface area contributed by atoms with Crippen molar-refractivity contribution in [3.63, 3.8) is 0 Å². The normalized spacial score (nSPS) is 13.6. The molecule has 16 heavy (non-hydrogen) atoms. The number of carbonyl (C=O) groups excluding carboxylic acids is 1. The summed E-state index contributed by atoms with van der Waals surface area (Å²) in [6.07, 6.45) is 0.462. The van der Waals surface area contributed by atoms with Gasteiger partial charge in [0.2, 0.25) is 0 Å². The minimum Gasteiger partial charge on any atom is -0.334 e. The molecule has 0 fully saturated rings. The fraction of sp³-hybridized carbons (Fsp3) is 0.333. The van der Waals surface area contributed by atoms with Gasteiger partial charge in [0.05, 0.1) is 11.6 Å². The molecule has 3 nitrogen and oxygen atoms in total. The molecule has 84 valence electrons. The molecule has 0 aliphatic rings. The number of hydrogen-bond acceptors (Lipinski definition) is 2. The van der Waals surface area contributed by atoms with Crippen LogP contribution in [0.2, 0.25) is 0 Å². The summed E-state index contributed by atoms with van der Waals surface area (Å²) in [6.45, 7) is 3.39. The van der Waals surface area contributed by atoms with Gasteiger partial charge in [-0.05, 0) is 25.5 Å². The Bertz CT molecular complexity index is 439. The second kappa shape index (κ2) is 4.75. The Morgan fingerprint density at radius 3 is 2.69 bits per heavy atom. The summed E-state index contributed by atoms with van der Waals surface area (Å²) in [7, 11) is 0. The lowest BCUT2D eigenvalue weighted by atomic mass is 10.0. The Hall–Kier alpha value is -1.89. The van der Waals surface area contributed by atoms with Crippen LogP contribution in [-0.4, -0.2) is 11.4 Å². The first kappa shape index (κ1) is 12.2. The molecule has 1 N–H and O–H groups in total. The van der Waals surface area contributed by atoms with E-state index in [1.165, 1.54) is 18.2 Å². The summed E-state index contributed by atoms with van der Waals surface area (Å²) in [5.41, 5.74) is -1.00. The highest BCUT2D eigenvalue weighted by atomic mass is 19.1. The number of benzene rings is 1. The summed E-state index contributed by atoms with van der Waals surface area (Å²) in [4.78, 5) is 11.7. The molecule has 0 aliphatic carbocycles. The zero-order valence-corrected chi connectivity index (χ0v) is 9.25. The van der Waals surface area contributed by atoms with Gasteiger partial charge >= 0.3 is 0 Å². The molecule has 0 bridgehead atoms. The van der Waals surface area contributed by atoms with Crippen LogP contribution in [0.15, 0.2) is 24.3 Å². The van der Waals surface area contributed by atoms with Crippen molar-refractivity contribution < 1.29 is 9.18 Å². The number of halogens is 1. The predicted octanol–water partition coefficient (Wildman–Crippen LogP) is 2.25. The lowest BCUT2D eigenvalue weighted by Crippen LogP contribution is -2.44. The maximum atomic E-state index is 13.3. The topological polar surface area (TPSA) is 52.9 Å². The standard InChI is InChI=1S/C12H13FN2O/c1-3-12(2,8-14)15-11(16)9-6-4-5-7-10(9)13/h4-7H,3H2,1-2H3,(H,15,16). The van der Waals surface area contributed by atoms with Crippen LogP contribution >= 0.6 is 0 Å². The van der Waals surface area contributed by atoms with Crippen LogP contribution in [0.25, 0.3) is 0 Å². The third-order valence-corrected chi connectivity index (χ3v) is 2.46. The molecule has 0 saturated carbocycles. The number of nitrogens with zero attached hydrogens (tertiary/aromatic N) is 1. The van der Waals surface area contributed by atoms with Crippen molar-refractivity contribution >= 4 is 5.91 Å². The van der Waals surface area contributed by atoms with Gasteiger partial charge in [-0.15, -0.1) is 0 Å². The van der Waals surface area contributed by atoms with Gasteiger partial charge in [0.25, 0.3) is 5.91 Å². The number of rotatable bonds is 3. The smallest absolute Gasteiger partial charge is 0.255 e. The summed E-state index contributed by atoms with van der Waals surface area (Å²) in [5.74, 6) is -1.15. The van der Waals surface area contributed by atoms with Crippen molar-refractivity contribution in [2.75, 3.05) is 0 Å². The van der Waals surface area contributed by atoms with E-state index in [0.29, 0.717) is 6.42 Å². The predicted molar refractivity (Wildman–Crippen MR) is 58.2 cm³/mol. The first-order chi connectivity index (χ1) is 7.52. The Balaban J connectivity index is 2.90. The second-order valence-electron chi connectivity index (χ2n) is 3.73. The fourth-order valence-electron chi connectivity index (χ4n) is 1.16. The number of amides is 1. The van der Waals surface area contributed by atoms with E-state index in [1.807, 2.05) is 6.07 Å². The first-order valence-corrected chi connectivity index (χ1v) is 5.00. The molecule has 1 atom stereocenters. The van der Waals surface area contributed by atoms with Crippen molar-refractivity contribution in [1.82, 2.24) is 5.32 Å². The molecule has 0 spiro atoms. The third kappa shape index (κ3) is 2.57. The number of carbonyl (C=O) groups is 1. The van der Waals surface area contributed by atoms with Crippen LogP contribution in [-0.2, 0) is 0 Å². The van der Waals surface area contributed by atoms with Crippen molar-refractivity contribution in [2.45, 2.75) is 25.8 Å². The first-order valence-electron chi connectivity index (χ1n) is 5.00. The average molecular weight is 220 g/mol. The highest BCUT2D eigenvalue weighted by Crippen LogP contribution is 2.11. The minimum absolute atomic E-state index is 0.0441. The molecule has 4 heteroatoms. The zero-order chi connectivity index (χ0) is 12.2. The Morgan fingerprint density at radius 1 is 1.56 bits per heavy atom. The molecular formula is C12H13FN2O. The van der Waals surface area contributed by atoms with E-state index in [2.05, 4.69) is 5.32 Å². The molecule has 0 saturated heterocycles. The molecule has 1 amide bonds. The van der Waals surface area contributed by atoms with Crippen molar-refractivity contribution in [3.05, 3.63) is 35.6 Å². The van der Waals surface area contributed by atoms with Gasteiger partial charge in [0, 0.05) is 0 Å². The van der Waals surface area contributed by atoms with E-state index in [-0.39, 0.29) is 5.56 Å². The fourth-order valence-corrected chi connectivity index (χ4v) is 1.16. The maximum Gasteiger partial charge on any atom is 0.255 e. The van der Waals surface area contributed by atoms with E-state index in [1.54, 1.807) is 19.9 Å². The summed E-state index contributed by atoms with van der Waals surface area (Å²) < 4.78 is 13.3. The molecule has 0 aromatic heterocycles. The molecule has 1 rings (SSSR count). The van der Waals surface area contributed by atoms with Crippen LogP contribution < -0.4 is 5.32 Å². The van der Waals surface area contributed by atoms with Crippen molar-refractivity contribution in [2.24, 2.45) is 0 Å². The van der Waals surface area contributed by atoms with Crippen LogP contribution in [0.4, 0.5) is 4.39 Å². The Kier molecular flexibility index (Phi) is 3.62. The van der Waals surface area contributed by atoms with Crippen molar-refractivity contribution in [3.8, 4) is 6.07 Å². The molecule has 0 aliphatic heterocycles. The Morgan fingerprint density at radius 2 is 2.19 bits per heavy atom. The quantitative estimate of drug-likeness (QED) is 0.849. The highest BCUT2D eigenvalue weighted by molar-refractivity contribution is 5.95. The van der Waals surface area contributed by atoms with E-state index in [4.69, 9.17) is 5.26 Å². The van der Waals surface area contributed by atoms with Gasteiger partial charge in [0.15, 0.2) is 0 Å². The SMILES string of the molecule is CCC(C)(C#N)NC(=O)c1ccccc1F. The average Bonchev–Trinajstić information content (AvgIpc) is 2.29. The van der Waals surface area contributed by atoms with E-state index >= 15 is 0 Å². The van der Waals surface area contributed by atoms with Gasteiger partial charge < -0.3 is 5.32 Å². The zero-order valence-electron chi connectivity index (χ0n) is 9.25. The van der Waals surface area contributed by atoms with Gasteiger partial charge in [-0.3, -0.25) is 4.79 Å². The van der Waals surface area contributed by atoms with Gasteiger partial charge in [-0.1, -0.05) is 19.1 Å². The maximum absolute atomic E-state index is 13.3. The molecule has 1 aromatic rings. The molecule has 1 unspecified atom stereocenters. The van der Waals surface area contributed by atoms with Crippen LogP contribution in [0.1, 0.15) is 30.6 Å². The highest BCUT2D eigenvalue weighted by Gasteiger charge is 2.25. The van der Waals surface area contributed by atoms with Crippen LogP contribution in [0, 0.1) is 17.1 Å². The number of nitrogens with one attached hydrogen (secondary N) is 1. The third-order valence-electron chi connectivity index (χ3n) is 2.46.